The van der Waals surface area contributed by atoms with Gasteiger partial charge in [-0.05, 0) is 69.2 Å². The third-order valence-electron chi connectivity index (χ3n) is 4.85. The van der Waals surface area contributed by atoms with Crippen molar-refractivity contribution in [3.8, 4) is 0 Å². The summed E-state index contributed by atoms with van der Waals surface area (Å²) in [6.45, 7) is 10.0. The Morgan fingerprint density at radius 1 is 0.963 bits per heavy atom. The maximum absolute atomic E-state index is 12.6. The van der Waals surface area contributed by atoms with Crippen molar-refractivity contribution < 1.29 is 9.59 Å². The van der Waals surface area contributed by atoms with Gasteiger partial charge in [-0.2, -0.15) is 0 Å². The number of nitrogens with one attached hydrogen (secondary N) is 1. The molecule has 144 valence electrons. The van der Waals surface area contributed by atoms with Crippen LogP contribution in [0.15, 0.2) is 42.5 Å². The Hall–Kier alpha value is -2.82. The number of amides is 2. The Labute approximate surface area is 162 Å². The van der Waals surface area contributed by atoms with Crippen LogP contribution >= 0.6 is 0 Å². The van der Waals surface area contributed by atoms with E-state index in [-0.39, 0.29) is 18.4 Å². The fourth-order valence-corrected chi connectivity index (χ4v) is 2.99. The molecule has 0 aliphatic rings. The van der Waals surface area contributed by atoms with E-state index in [2.05, 4.69) is 24.1 Å². The molecule has 5 heteroatoms. The highest BCUT2D eigenvalue weighted by Crippen LogP contribution is 2.18. The van der Waals surface area contributed by atoms with Crippen molar-refractivity contribution >= 4 is 23.2 Å². The second-order valence-corrected chi connectivity index (χ2v) is 6.68. The standard InChI is InChI=1S/C22H29N3O2/c1-6-25(7-2)19-13-11-18(12-14-19)22(27)24(5)15-21(26)23-20-10-8-9-16(3)17(20)4/h8-14H,6-7,15H2,1-5H3,(H,23,26). The van der Waals surface area contributed by atoms with Gasteiger partial charge in [-0.15, -0.1) is 0 Å². The van der Waals surface area contributed by atoms with Crippen molar-refractivity contribution in [3.05, 3.63) is 59.2 Å². The molecule has 5 nitrogen and oxygen atoms in total. The summed E-state index contributed by atoms with van der Waals surface area (Å²) in [5.74, 6) is -0.378. The van der Waals surface area contributed by atoms with Crippen LogP contribution in [0.5, 0.6) is 0 Å². The lowest BCUT2D eigenvalue weighted by Crippen LogP contribution is -2.35. The zero-order chi connectivity index (χ0) is 20.0. The van der Waals surface area contributed by atoms with Crippen molar-refractivity contribution in [2.45, 2.75) is 27.7 Å². The largest absolute Gasteiger partial charge is 0.372 e. The molecular formula is C22H29N3O2. The molecule has 0 fully saturated rings. The van der Waals surface area contributed by atoms with Crippen molar-refractivity contribution in [2.75, 3.05) is 36.9 Å². The molecule has 0 aromatic heterocycles. The van der Waals surface area contributed by atoms with Gasteiger partial charge in [0.1, 0.15) is 0 Å². The van der Waals surface area contributed by atoms with Crippen LogP contribution in [0, 0.1) is 13.8 Å². The van der Waals surface area contributed by atoms with Gasteiger partial charge in [0.15, 0.2) is 0 Å². The normalized spacial score (nSPS) is 10.4. The lowest BCUT2D eigenvalue weighted by molar-refractivity contribution is -0.116. The Balaban J connectivity index is 2.00. The first kappa shape index (κ1) is 20.5. The highest BCUT2D eigenvalue weighted by molar-refractivity contribution is 5.99. The third-order valence-corrected chi connectivity index (χ3v) is 4.85. The molecule has 2 amide bonds. The molecular weight excluding hydrogens is 338 g/mol. The van der Waals surface area contributed by atoms with E-state index in [4.69, 9.17) is 0 Å². The fraction of sp³-hybridized carbons (Fsp3) is 0.364. The van der Waals surface area contributed by atoms with Crippen LogP contribution in [0.4, 0.5) is 11.4 Å². The summed E-state index contributed by atoms with van der Waals surface area (Å²) in [6.07, 6.45) is 0. The van der Waals surface area contributed by atoms with Crippen molar-refractivity contribution in [1.29, 1.82) is 0 Å². The average molecular weight is 367 g/mol. The smallest absolute Gasteiger partial charge is 0.254 e. The minimum absolute atomic E-state index is 0.00398. The third kappa shape index (κ3) is 5.09. The number of carbonyl (C=O) groups excluding carboxylic acids is 2. The van der Waals surface area contributed by atoms with Gasteiger partial charge in [0.05, 0.1) is 6.54 Å². The summed E-state index contributed by atoms with van der Waals surface area (Å²) < 4.78 is 0. The van der Waals surface area contributed by atoms with Gasteiger partial charge in [-0.3, -0.25) is 9.59 Å². The number of hydrogen-bond donors (Lipinski definition) is 1. The topological polar surface area (TPSA) is 52.7 Å². The van der Waals surface area contributed by atoms with Crippen LogP contribution in [-0.2, 0) is 4.79 Å². The van der Waals surface area contributed by atoms with Gasteiger partial charge in [0.2, 0.25) is 5.91 Å². The van der Waals surface area contributed by atoms with Crippen LogP contribution in [0.2, 0.25) is 0 Å². The van der Waals surface area contributed by atoms with Crippen molar-refractivity contribution in [3.63, 3.8) is 0 Å². The van der Waals surface area contributed by atoms with Crippen molar-refractivity contribution in [2.24, 2.45) is 0 Å². The van der Waals surface area contributed by atoms with Crippen LogP contribution in [0.25, 0.3) is 0 Å². The monoisotopic (exact) mass is 367 g/mol. The molecule has 27 heavy (non-hydrogen) atoms. The highest BCUT2D eigenvalue weighted by atomic mass is 16.2. The first-order valence-electron chi connectivity index (χ1n) is 9.33. The summed E-state index contributed by atoms with van der Waals surface area (Å²) in [5, 5.41) is 2.89. The number of benzene rings is 2. The predicted molar refractivity (Wildman–Crippen MR) is 112 cm³/mol. The van der Waals surface area contributed by atoms with Gasteiger partial charge >= 0.3 is 0 Å². The lowest BCUT2D eigenvalue weighted by Gasteiger charge is -2.22. The van der Waals surface area contributed by atoms with Gasteiger partial charge < -0.3 is 15.1 Å². The molecule has 0 radical (unpaired) electrons. The molecule has 0 bridgehead atoms. The van der Waals surface area contributed by atoms with E-state index in [9.17, 15) is 9.59 Å². The Bertz CT molecular complexity index is 796. The summed E-state index contributed by atoms with van der Waals surface area (Å²) in [4.78, 5) is 28.6. The first-order valence-corrected chi connectivity index (χ1v) is 9.33. The van der Waals surface area contributed by atoms with E-state index in [0.29, 0.717) is 5.56 Å². The lowest BCUT2D eigenvalue weighted by atomic mass is 10.1. The van der Waals surface area contributed by atoms with E-state index in [1.54, 1.807) is 7.05 Å². The first-order chi connectivity index (χ1) is 12.9. The molecule has 1 N–H and O–H groups in total. The zero-order valence-corrected chi connectivity index (χ0v) is 16.9. The molecule has 2 aromatic carbocycles. The highest BCUT2D eigenvalue weighted by Gasteiger charge is 2.16. The Morgan fingerprint density at radius 2 is 1.59 bits per heavy atom. The predicted octanol–water partition coefficient (Wildman–Crippen LogP) is 3.86. The molecule has 0 atom stereocenters. The van der Waals surface area contributed by atoms with Crippen LogP contribution < -0.4 is 10.2 Å². The molecule has 0 spiro atoms. The molecule has 0 aliphatic carbocycles. The minimum Gasteiger partial charge on any atom is -0.372 e. The fourth-order valence-electron chi connectivity index (χ4n) is 2.99. The number of carbonyl (C=O) groups is 2. The molecule has 0 unspecified atom stereocenters. The second kappa shape index (κ2) is 9.21. The van der Waals surface area contributed by atoms with E-state index < -0.39 is 0 Å². The number of likely N-dealkylation sites (N-methyl/N-ethyl adjacent to an activating group) is 1. The van der Waals surface area contributed by atoms with Crippen LogP contribution in [0.3, 0.4) is 0 Å². The SMILES string of the molecule is CCN(CC)c1ccc(C(=O)N(C)CC(=O)Nc2cccc(C)c2C)cc1. The molecule has 0 heterocycles. The molecule has 0 saturated carbocycles. The number of rotatable bonds is 7. The number of hydrogen-bond acceptors (Lipinski definition) is 3. The maximum Gasteiger partial charge on any atom is 0.254 e. The summed E-state index contributed by atoms with van der Waals surface area (Å²) >= 11 is 0. The van der Waals surface area contributed by atoms with Gasteiger partial charge in [0, 0.05) is 37.1 Å². The molecule has 2 rings (SSSR count). The average Bonchev–Trinajstić information content (AvgIpc) is 2.66. The molecule has 0 aliphatic heterocycles. The van der Waals surface area contributed by atoms with E-state index in [0.717, 1.165) is 35.6 Å². The van der Waals surface area contributed by atoms with Crippen LogP contribution in [0.1, 0.15) is 35.3 Å². The molecule has 2 aromatic rings. The zero-order valence-electron chi connectivity index (χ0n) is 16.9. The second-order valence-electron chi connectivity index (χ2n) is 6.68. The van der Waals surface area contributed by atoms with E-state index in [1.165, 1.54) is 4.90 Å². The van der Waals surface area contributed by atoms with Crippen molar-refractivity contribution in [1.82, 2.24) is 4.90 Å². The summed E-state index contributed by atoms with van der Waals surface area (Å²) in [5.41, 5.74) is 4.60. The summed E-state index contributed by atoms with van der Waals surface area (Å²) in [6, 6.07) is 13.3. The summed E-state index contributed by atoms with van der Waals surface area (Å²) in [7, 11) is 1.64. The molecule has 0 saturated heterocycles. The quantitative estimate of drug-likeness (QED) is 0.808. The number of nitrogens with zero attached hydrogens (tertiary/aromatic N) is 2. The van der Waals surface area contributed by atoms with E-state index >= 15 is 0 Å². The number of anilines is 2. The maximum atomic E-state index is 12.6. The Kier molecular flexibility index (Phi) is 6.99. The van der Waals surface area contributed by atoms with E-state index in [1.807, 2.05) is 56.3 Å². The van der Waals surface area contributed by atoms with Gasteiger partial charge in [-0.25, -0.2) is 0 Å². The van der Waals surface area contributed by atoms with Crippen LogP contribution in [-0.4, -0.2) is 43.4 Å². The van der Waals surface area contributed by atoms with Gasteiger partial charge in [-0.1, -0.05) is 12.1 Å². The van der Waals surface area contributed by atoms with Gasteiger partial charge in [0.25, 0.3) is 5.91 Å². The minimum atomic E-state index is -0.209. The number of aryl methyl sites for hydroxylation is 1. The Morgan fingerprint density at radius 3 is 2.19 bits per heavy atom.